The highest BCUT2D eigenvalue weighted by Gasteiger charge is 2.06. The maximum atomic E-state index is 11.9. The molecule has 6 nitrogen and oxygen atoms in total. The predicted molar refractivity (Wildman–Crippen MR) is 100 cm³/mol. The average molecular weight is 355 g/mol. The molecule has 0 fully saturated rings. The number of benzene rings is 1. The Labute approximate surface area is 154 Å². The van der Waals surface area contributed by atoms with Crippen LogP contribution in [0.2, 0.25) is 0 Å². The van der Waals surface area contributed by atoms with Gasteiger partial charge in [-0.15, -0.1) is 0 Å². The van der Waals surface area contributed by atoms with Crippen LogP contribution in [0.15, 0.2) is 36.5 Å². The Hall–Kier alpha value is -2.89. The molecule has 6 heteroatoms. The van der Waals surface area contributed by atoms with Gasteiger partial charge >= 0.3 is 0 Å². The number of rotatable bonds is 8. The van der Waals surface area contributed by atoms with Crippen LogP contribution in [-0.4, -0.2) is 36.5 Å². The lowest BCUT2D eigenvalue weighted by Gasteiger charge is -2.09. The number of amides is 2. The van der Waals surface area contributed by atoms with Crippen LogP contribution < -0.4 is 15.4 Å². The summed E-state index contributed by atoms with van der Waals surface area (Å²) in [4.78, 5) is 27.8. The second-order valence-electron chi connectivity index (χ2n) is 6.26. The van der Waals surface area contributed by atoms with Crippen molar-refractivity contribution < 1.29 is 14.3 Å². The molecule has 0 radical (unpaired) electrons. The molecule has 0 aliphatic heterocycles. The number of aromatic nitrogens is 1. The van der Waals surface area contributed by atoms with E-state index in [1.165, 1.54) is 0 Å². The lowest BCUT2D eigenvalue weighted by molar-refractivity contribution is -0.123. The van der Waals surface area contributed by atoms with Crippen LogP contribution in [0.1, 0.15) is 33.6 Å². The Morgan fingerprint density at radius 1 is 1.00 bits per heavy atom. The predicted octanol–water partition coefficient (Wildman–Crippen LogP) is 2.32. The lowest BCUT2D eigenvalue weighted by atomic mass is 10.1. The zero-order chi connectivity index (χ0) is 18.9. The second-order valence-corrected chi connectivity index (χ2v) is 6.26. The SMILES string of the molecule is Cc1cc(C)cc(OCC(=O)NCCCNC(=O)c2ccc(C)nc2)c1. The molecule has 0 spiro atoms. The Morgan fingerprint density at radius 2 is 1.69 bits per heavy atom. The van der Waals surface area contributed by atoms with Crippen LogP contribution in [0.3, 0.4) is 0 Å². The summed E-state index contributed by atoms with van der Waals surface area (Å²) in [6.07, 6.45) is 2.19. The van der Waals surface area contributed by atoms with Crippen LogP contribution in [0, 0.1) is 20.8 Å². The Kier molecular flexibility index (Phi) is 7.14. The van der Waals surface area contributed by atoms with E-state index in [0.29, 0.717) is 30.8 Å². The Bertz CT molecular complexity index is 737. The summed E-state index contributed by atoms with van der Waals surface area (Å²) in [6, 6.07) is 9.38. The average Bonchev–Trinajstić information content (AvgIpc) is 2.59. The fourth-order valence-corrected chi connectivity index (χ4v) is 2.44. The van der Waals surface area contributed by atoms with Gasteiger partial charge in [0.1, 0.15) is 5.75 Å². The summed E-state index contributed by atoms with van der Waals surface area (Å²) >= 11 is 0. The minimum absolute atomic E-state index is 0.0235. The lowest BCUT2D eigenvalue weighted by Crippen LogP contribution is -2.32. The number of hydrogen-bond donors (Lipinski definition) is 2. The number of nitrogens with zero attached hydrogens (tertiary/aromatic N) is 1. The largest absolute Gasteiger partial charge is 0.484 e. The standard InChI is InChI=1S/C20H25N3O3/c1-14-9-15(2)11-18(10-14)26-13-19(24)21-7-4-8-22-20(25)17-6-5-16(3)23-12-17/h5-6,9-12H,4,7-8,13H2,1-3H3,(H,21,24)(H,22,25). The van der Waals surface area contributed by atoms with E-state index in [0.717, 1.165) is 16.8 Å². The highest BCUT2D eigenvalue weighted by Crippen LogP contribution is 2.15. The normalized spacial score (nSPS) is 10.3. The number of pyridine rings is 1. The van der Waals surface area contributed by atoms with E-state index >= 15 is 0 Å². The molecule has 0 saturated heterocycles. The van der Waals surface area contributed by atoms with Crippen molar-refractivity contribution in [2.45, 2.75) is 27.2 Å². The minimum Gasteiger partial charge on any atom is -0.484 e. The van der Waals surface area contributed by atoms with Gasteiger partial charge in [0.25, 0.3) is 11.8 Å². The molecule has 0 aliphatic carbocycles. The van der Waals surface area contributed by atoms with Crippen molar-refractivity contribution in [2.24, 2.45) is 0 Å². The molecule has 0 bridgehead atoms. The van der Waals surface area contributed by atoms with Crippen molar-refractivity contribution >= 4 is 11.8 Å². The van der Waals surface area contributed by atoms with Crippen LogP contribution in [0.25, 0.3) is 0 Å². The highest BCUT2D eigenvalue weighted by atomic mass is 16.5. The van der Waals surface area contributed by atoms with Gasteiger partial charge in [0.05, 0.1) is 5.56 Å². The van der Waals surface area contributed by atoms with Crippen LogP contribution in [0.4, 0.5) is 0 Å². The molecule has 0 unspecified atom stereocenters. The molecule has 1 aromatic carbocycles. The van der Waals surface area contributed by atoms with Gasteiger partial charge in [0.2, 0.25) is 0 Å². The quantitative estimate of drug-likeness (QED) is 0.712. The van der Waals surface area contributed by atoms with Gasteiger partial charge in [-0.25, -0.2) is 0 Å². The number of hydrogen-bond acceptors (Lipinski definition) is 4. The fourth-order valence-electron chi connectivity index (χ4n) is 2.44. The molecule has 2 aromatic rings. The van der Waals surface area contributed by atoms with E-state index in [-0.39, 0.29) is 18.4 Å². The number of carbonyl (C=O) groups is 2. The van der Waals surface area contributed by atoms with Gasteiger partial charge in [-0.2, -0.15) is 0 Å². The van der Waals surface area contributed by atoms with E-state index < -0.39 is 0 Å². The molecule has 2 N–H and O–H groups in total. The topological polar surface area (TPSA) is 80.3 Å². The summed E-state index contributed by atoms with van der Waals surface area (Å²) < 4.78 is 5.50. The van der Waals surface area contributed by atoms with Gasteiger partial charge in [0.15, 0.2) is 6.61 Å². The second kappa shape index (κ2) is 9.56. The van der Waals surface area contributed by atoms with E-state index in [4.69, 9.17) is 4.74 Å². The zero-order valence-corrected chi connectivity index (χ0v) is 15.5. The summed E-state index contributed by atoms with van der Waals surface area (Å²) in [5.41, 5.74) is 3.59. The van der Waals surface area contributed by atoms with E-state index in [9.17, 15) is 9.59 Å². The third-order valence-electron chi connectivity index (χ3n) is 3.70. The molecular formula is C20H25N3O3. The maximum absolute atomic E-state index is 11.9. The molecular weight excluding hydrogens is 330 g/mol. The summed E-state index contributed by atoms with van der Waals surface area (Å²) in [7, 11) is 0. The third kappa shape index (κ3) is 6.55. The first kappa shape index (κ1) is 19.4. The summed E-state index contributed by atoms with van der Waals surface area (Å²) in [5.74, 6) is 0.344. The molecule has 138 valence electrons. The fraction of sp³-hybridized carbons (Fsp3) is 0.350. The van der Waals surface area contributed by atoms with Crippen molar-refractivity contribution in [1.29, 1.82) is 0 Å². The first-order valence-electron chi connectivity index (χ1n) is 8.62. The molecule has 0 atom stereocenters. The molecule has 0 aliphatic rings. The van der Waals surface area contributed by atoms with Crippen molar-refractivity contribution in [2.75, 3.05) is 19.7 Å². The van der Waals surface area contributed by atoms with Gasteiger partial charge in [-0.05, 0) is 62.6 Å². The zero-order valence-electron chi connectivity index (χ0n) is 15.5. The number of ether oxygens (including phenoxy) is 1. The van der Waals surface area contributed by atoms with Gasteiger partial charge < -0.3 is 15.4 Å². The monoisotopic (exact) mass is 355 g/mol. The smallest absolute Gasteiger partial charge is 0.257 e. The molecule has 1 aromatic heterocycles. The van der Waals surface area contributed by atoms with Crippen molar-refractivity contribution in [3.05, 3.63) is 58.9 Å². The Morgan fingerprint density at radius 3 is 2.35 bits per heavy atom. The maximum Gasteiger partial charge on any atom is 0.257 e. The van der Waals surface area contributed by atoms with Crippen LogP contribution in [0.5, 0.6) is 5.75 Å². The van der Waals surface area contributed by atoms with Crippen molar-refractivity contribution in [3.8, 4) is 5.75 Å². The molecule has 26 heavy (non-hydrogen) atoms. The highest BCUT2D eigenvalue weighted by molar-refractivity contribution is 5.93. The number of carbonyl (C=O) groups excluding carboxylic acids is 2. The minimum atomic E-state index is -0.182. The first-order valence-corrected chi connectivity index (χ1v) is 8.62. The van der Waals surface area contributed by atoms with Gasteiger partial charge in [-0.1, -0.05) is 6.07 Å². The number of aryl methyl sites for hydroxylation is 3. The van der Waals surface area contributed by atoms with E-state index in [1.807, 2.05) is 39.0 Å². The number of nitrogens with one attached hydrogen (secondary N) is 2. The molecule has 0 saturated carbocycles. The molecule has 2 rings (SSSR count). The van der Waals surface area contributed by atoms with Crippen LogP contribution >= 0.6 is 0 Å². The van der Waals surface area contributed by atoms with Gasteiger partial charge in [-0.3, -0.25) is 14.6 Å². The van der Waals surface area contributed by atoms with E-state index in [2.05, 4.69) is 15.6 Å². The van der Waals surface area contributed by atoms with Crippen LogP contribution in [-0.2, 0) is 4.79 Å². The molecule has 1 heterocycles. The van der Waals surface area contributed by atoms with Crippen molar-refractivity contribution in [1.82, 2.24) is 15.6 Å². The molecule has 2 amide bonds. The van der Waals surface area contributed by atoms with Gasteiger partial charge in [0, 0.05) is 25.0 Å². The third-order valence-corrected chi connectivity index (χ3v) is 3.70. The first-order chi connectivity index (χ1) is 12.4. The summed E-state index contributed by atoms with van der Waals surface area (Å²) in [6.45, 7) is 6.77. The Balaban J connectivity index is 1.61. The van der Waals surface area contributed by atoms with E-state index in [1.54, 1.807) is 18.3 Å². The van der Waals surface area contributed by atoms with Crippen molar-refractivity contribution in [3.63, 3.8) is 0 Å². The summed E-state index contributed by atoms with van der Waals surface area (Å²) in [5, 5.41) is 5.58.